The number of carbonyl (C=O) groups excluding carboxylic acids is 1. The fourth-order valence-electron chi connectivity index (χ4n) is 3.23. The van der Waals surface area contributed by atoms with E-state index < -0.39 is 0 Å². The van der Waals surface area contributed by atoms with Crippen LogP contribution >= 0.6 is 0 Å². The molecule has 3 rings (SSSR count). The summed E-state index contributed by atoms with van der Waals surface area (Å²) in [5.41, 5.74) is 3.86. The van der Waals surface area contributed by atoms with Crippen LogP contribution in [0.2, 0.25) is 0 Å². The minimum absolute atomic E-state index is 0.0910. The quantitative estimate of drug-likeness (QED) is 0.941. The Kier molecular flexibility index (Phi) is 5.26. The van der Waals surface area contributed by atoms with Gasteiger partial charge in [-0.25, -0.2) is 0 Å². The van der Waals surface area contributed by atoms with Gasteiger partial charge >= 0.3 is 0 Å². The van der Waals surface area contributed by atoms with E-state index in [1.165, 1.54) is 5.56 Å². The minimum atomic E-state index is 0.0910. The Morgan fingerprint density at radius 2 is 1.79 bits per heavy atom. The zero-order valence-corrected chi connectivity index (χ0v) is 14.1. The van der Waals surface area contributed by atoms with Crippen LogP contribution in [0.5, 0.6) is 0 Å². The first-order valence-electron chi connectivity index (χ1n) is 8.56. The average molecular weight is 324 g/mol. The predicted octanol–water partition coefficient (Wildman–Crippen LogP) is 2.98. The number of aromatic nitrogens is 1. The molecular weight excluding hydrogens is 300 g/mol. The van der Waals surface area contributed by atoms with E-state index in [-0.39, 0.29) is 12.5 Å². The van der Waals surface area contributed by atoms with E-state index in [0.717, 1.165) is 43.6 Å². The van der Waals surface area contributed by atoms with Crippen LogP contribution in [0.25, 0.3) is 0 Å². The van der Waals surface area contributed by atoms with E-state index in [9.17, 15) is 4.79 Å². The van der Waals surface area contributed by atoms with Crippen LogP contribution in [0.1, 0.15) is 40.0 Å². The summed E-state index contributed by atoms with van der Waals surface area (Å²) in [5, 5.41) is 9.10. The maximum absolute atomic E-state index is 12.5. The fraction of sp³-hybridized carbons (Fsp3) is 0.400. The molecule has 0 bridgehead atoms. The number of aryl methyl sites for hydroxylation is 1. The summed E-state index contributed by atoms with van der Waals surface area (Å²) in [5.74, 6) is 0.707. The number of aliphatic hydroxyl groups excluding tert-OH is 1. The predicted molar refractivity (Wildman–Crippen MR) is 93.7 cm³/mol. The number of carbonyl (C=O) groups is 1. The molecule has 1 aromatic carbocycles. The molecule has 2 aromatic rings. The van der Waals surface area contributed by atoms with Gasteiger partial charge in [0.15, 0.2) is 0 Å². The molecule has 1 amide bonds. The summed E-state index contributed by atoms with van der Waals surface area (Å²) in [4.78, 5) is 18.7. The van der Waals surface area contributed by atoms with Crippen molar-refractivity contribution in [2.24, 2.45) is 5.92 Å². The minimum Gasteiger partial charge on any atom is -0.392 e. The maximum atomic E-state index is 12.5. The SMILES string of the molecule is Cc1ccc(C(=O)N2CCC(Cc3ccc(CO)cc3)CC2)cn1. The number of hydrogen-bond acceptors (Lipinski definition) is 3. The van der Waals surface area contributed by atoms with Gasteiger partial charge in [-0.3, -0.25) is 9.78 Å². The second kappa shape index (κ2) is 7.58. The second-order valence-corrected chi connectivity index (χ2v) is 6.60. The molecular formula is C20H24N2O2. The Morgan fingerprint density at radius 1 is 1.12 bits per heavy atom. The number of benzene rings is 1. The number of pyridine rings is 1. The Hall–Kier alpha value is -2.20. The third-order valence-electron chi connectivity index (χ3n) is 4.79. The van der Waals surface area contributed by atoms with Crippen LogP contribution in [0.15, 0.2) is 42.6 Å². The lowest BCUT2D eigenvalue weighted by Crippen LogP contribution is -2.39. The van der Waals surface area contributed by atoms with Crippen molar-refractivity contribution in [1.82, 2.24) is 9.88 Å². The van der Waals surface area contributed by atoms with Crippen molar-refractivity contribution in [2.45, 2.75) is 32.8 Å². The lowest BCUT2D eigenvalue weighted by atomic mass is 9.89. The molecule has 4 heteroatoms. The lowest BCUT2D eigenvalue weighted by Gasteiger charge is -2.32. The molecule has 0 atom stereocenters. The van der Waals surface area contributed by atoms with Gasteiger partial charge in [0.1, 0.15) is 0 Å². The molecule has 4 nitrogen and oxygen atoms in total. The van der Waals surface area contributed by atoms with Gasteiger partial charge in [0.25, 0.3) is 5.91 Å². The highest BCUT2D eigenvalue weighted by Gasteiger charge is 2.23. The number of aliphatic hydroxyl groups is 1. The van der Waals surface area contributed by atoms with Crippen molar-refractivity contribution in [3.63, 3.8) is 0 Å². The summed E-state index contributed by atoms with van der Waals surface area (Å²) in [7, 11) is 0. The van der Waals surface area contributed by atoms with Crippen LogP contribution in [-0.2, 0) is 13.0 Å². The van der Waals surface area contributed by atoms with Crippen molar-refractivity contribution < 1.29 is 9.90 Å². The van der Waals surface area contributed by atoms with Gasteiger partial charge in [-0.05, 0) is 55.4 Å². The van der Waals surface area contributed by atoms with E-state index >= 15 is 0 Å². The molecule has 1 aliphatic heterocycles. The van der Waals surface area contributed by atoms with E-state index in [4.69, 9.17) is 5.11 Å². The van der Waals surface area contributed by atoms with Gasteiger partial charge in [-0.1, -0.05) is 24.3 Å². The molecule has 0 aliphatic carbocycles. The van der Waals surface area contributed by atoms with Crippen molar-refractivity contribution in [3.8, 4) is 0 Å². The third kappa shape index (κ3) is 4.01. The number of amides is 1. The molecule has 0 unspecified atom stereocenters. The summed E-state index contributed by atoms with van der Waals surface area (Å²) in [6.45, 7) is 3.64. The molecule has 126 valence electrons. The highest BCUT2D eigenvalue weighted by Crippen LogP contribution is 2.23. The van der Waals surface area contributed by atoms with Crippen LogP contribution in [0.3, 0.4) is 0 Å². The zero-order valence-electron chi connectivity index (χ0n) is 14.1. The molecule has 1 N–H and O–H groups in total. The number of nitrogens with zero attached hydrogens (tertiary/aromatic N) is 2. The topological polar surface area (TPSA) is 53.4 Å². The third-order valence-corrected chi connectivity index (χ3v) is 4.79. The fourth-order valence-corrected chi connectivity index (χ4v) is 3.23. The first-order chi connectivity index (χ1) is 11.7. The summed E-state index contributed by atoms with van der Waals surface area (Å²) in [6.07, 6.45) is 4.78. The van der Waals surface area contributed by atoms with Gasteiger partial charge in [0.2, 0.25) is 0 Å². The van der Waals surface area contributed by atoms with Crippen molar-refractivity contribution >= 4 is 5.91 Å². The van der Waals surface area contributed by atoms with E-state index in [1.54, 1.807) is 6.20 Å². The molecule has 0 radical (unpaired) electrons. The highest BCUT2D eigenvalue weighted by molar-refractivity contribution is 5.93. The maximum Gasteiger partial charge on any atom is 0.255 e. The summed E-state index contributed by atoms with van der Waals surface area (Å²) >= 11 is 0. The molecule has 1 aromatic heterocycles. The Bertz CT molecular complexity index is 672. The van der Waals surface area contributed by atoms with E-state index in [0.29, 0.717) is 11.5 Å². The van der Waals surface area contributed by atoms with Crippen LogP contribution < -0.4 is 0 Å². The zero-order chi connectivity index (χ0) is 16.9. The van der Waals surface area contributed by atoms with Crippen molar-refractivity contribution in [2.75, 3.05) is 13.1 Å². The first kappa shape index (κ1) is 16.7. The highest BCUT2D eigenvalue weighted by atomic mass is 16.3. The van der Waals surface area contributed by atoms with Gasteiger partial charge in [-0.2, -0.15) is 0 Å². The Labute approximate surface area is 143 Å². The van der Waals surface area contributed by atoms with Crippen LogP contribution in [0.4, 0.5) is 0 Å². The number of rotatable bonds is 4. The number of piperidine rings is 1. The molecule has 0 spiro atoms. The van der Waals surface area contributed by atoms with Crippen LogP contribution in [-0.4, -0.2) is 34.0 Å². The van der Waals surface area contributed by atoms with Crippen molar-refractivity contribution in [3.05, 3.63) is 65.0 Å². The Morgan fingerprint density at radius 3 is 2.38 bits per heavy atom. The van der Waals surface area contributed by atoms with Gasteiger partial charge in [0, 0.05) is 25.0 Å². The smallest absolute Gasteiger partial charge is 0.255 e. The Balaban J connectivity index is 1.53. The van der Waals surface area contributed by atoms with E-state index in [1.807, 2.05) is 36.1 Å². The summed E-state index contributed by atoms with van der Waals surface area (Å²) < 4.78 is 0. The normalized spacial score (nSPS) is 15.5. The standard InChI is InChI=1S/C20H24N2O2/c1-15-2-7-19(13-21-15)20(24)22-10-8-17(9-11-22)12-16-3-5-18(14-23)6-4-16/h2-7,13,17,23H,8-12,14H2,1H3. The monoisotopic (exact) mass is 324 g/mol. The number of likely N-dealkylation sites (tertiary alicyclic amines) is 1. The molecule has 1 saturated heterocycles. The van der Waals surface area contributed by atoms with Gasteiger partial charge in [0.05, 0.1) is 12.2 Å². The van der Waals surface area contributed by atoms with Crippen LogP contribution in [0, 0.1) is 12.8 Å². The second-order valence-electron chi connectivity index (χ2n) is 6.60. The largest absolute Gasteiger partial charge is 0.392 e. The lowest BCUT2D eigenvalue weighted by molar-refractivity contribution is 0.0690. The molecule has 2 heterocycles. The first-order valence-corrected chi connectivity index (χ1v) is 8.56. The summed E-state index contributed by atoms with van der Waals surface area (Å²) in [6, 6.07) is 11.9. The van der Waals surface area contributed by atoms with E-state index in [2.05, 4.69) is 17.1 Å². The average Bonchev–Trinajstić information content (AvgIpc) is 2.63. The van der Waals surface area contributed by atoms with Crippen molar-refractivity contribution in [1.29, 1.82) is 0 Å². The number of hydrogen-bond donors (Lipinski definition) is 1. The molecule has 0 saturated carbocycles. The van der Waals surface area contributed by atoms with Gasteiger partial charge in [-0.15, -0.1) is 0 Å². The molecule has 1 aliphatic rings. The molecule has 1 fully saturated rings. The van der Waals surface area contributed by atoms with Gasteiger partial charge < -0.3 is 10.0 Å². The molecule has 24 heavy (non-hydrogen) atoms.